The molecule has 1 spiro atoms. The molecule has 4 aliphatic rings. The van der Waals surface area contributed by atoms with E-state index in [-0.39, 0.29) is 29.8 Å². The number of allylic oxidation sites excluding steroid dienone is 1. The third-order valence-corrected chi connectivity index (χ3v) is 9.14. The highest BCUT2D eigenvalue weighted by atomic mass is 16.5. The molecule has 2 fully saturated rings. The van der Waals surface area contributed by atoms with Crippen LogP contribution in [0.25, 0.3) is 0 Å². The average molecular weight is 433 g/mol. The number of ether oxygens (including phenoxy) is 1. The number of rotatable bonds is 3. The average Bonchev–Trinajstić information content (AvgIpc) is 3.22. The summed E-state index contributed by atoms with van der Waals surface area (Å²) in [5.74, 6) is -0.416. The molecule has 4 N–H and O–H groups in total. The van der Waals surface area contributed by atoms with Gasteiger partial charge in [0.1, 0.15) is 24.4 Å². The molecule has 0 heterocycles. The Bertz CT molecular complexity index is 884. The molecule has 0 saturated heterocycles. The molecule has 0 aromatic rings. The molecule has 0 radical (unpaired) electrons. The minimum absolute atomic E-state index is 0.0325. The summed E-state index contributed by atoms with van der Waals surface area (Å²) in [6, 6.07) is 0. The number of carbonyl (C=O) groups excluding carboxylic acids is 1. The van der Waals surface area contributed by atoms with E-state index in [4.69, 9.17) is 4.74 Å². The van der Waals surface area contributed by atoms with Crippen LogP contribution < -0.4 is 0 Å². The maximum absolute atomic E-state index is 12.2. The van der Waals surface area contributed by atoms with E-state index in [0.29, 0.717) is 22.6 Å². The van der Waals surface area contributed by atoms with Crippen LogP contribution in [0.3, 0.4) is 0 Å². The van der Waals surface area contributed by atoms with Gasteiger partial charge in [0.05, 0.1) is 11.5 Å². The van der Waals surface area contributed by atoms with Crippen LogP contribution in [0.4, 0.5) is 0 Å². The molecule has 4 aliphatic carbocycles. The van der Waals surface area contributed by atoms with Gasteiger partial charge in [-0.05, 0) is 61.5 Å². The van der Waals surface area contributed by atoms with Gasteiger partial charge in [0.25, 0.3) is 0 Å². The summed E-state index contributed by atoms with van der Waals surface area (Å²) in [5, 5.41) is 46.2. The molecule has 0 aromatic carbocycles. The van der Waals surface area contributed by atoms with E-state index < -0.39 is 35.3 Å². The van der Waals surface area contributed by atoms with Crippen molar-refractivity contribution in [3.8, 4) is 0 Å². The van der Waals surface area contributed by atoms with Gasteiger partial charge < -0.3 is 25.2 Å². The number of fused-ring (bicyclic) bond motifs is 3. The van der Waals surface area contributed by atoms with E-state index in [9.17, 15) is 25.2 Å². The van der Waals surface area contributed by atoms with Crippen molar-refractivity contribution in [3.63, 3.8) is 0 Å². The van der Waals surface area contributed by atoms with Crippen LogP contribution in [-0.4, -0.2) is 56.9 Å². The molecule has 0 aliphatic heterocycles. The van der Waals surface area contributed by atoms with E-state index in [0.717, 1.165) is 6.42 Å². The van der Waals surface area contributed by atoms with Crippen molar-refractivity contribution in [2.75, 3.05) is 6.61 Å². The Kier molecular flexibility index (Phi) is 5.14. The third-order valence-electron chi connectivity index (χ3n) is 9.14. The maximum Gasteiger partial charge on any atom is 0.333 e. The first-order valence-electron chi connectivity index (χ1n) is 11.3. The Hall–Kier alpha value is -1.47. The normalized spacial score (nSPS) is 47.9. The van der Waals surface area contributed by atoms with E-state index >= 15 is 0 Å². The van der Waals surface area contributed by atoms with Crippen LogP contribution in [0.5, 0.6) is 0 Å². The first-order valence-corrected chi connectivity index (χ1v) is 11.3. The molecule has 9 atom stereocenters. The summed E-state index contributed by atoms with van der Waals surface area (Å²) in [7, 11) is 0. The Labute approximate surface area is 184 Å². The van der Waals surface area contributed by atoms with Gasteiger partial charge in [-0.25, -0.2) is 4.79 Å². The SMILES string of the molecule is CC=C(C)C(=O)OCC1=CC2C3C(CC(C)C4(C=C(C)C(O)C4(O)C1O)C2O)C3(C)C. The second kappa shape index (κ2) is 7.01. The Morgan fingerprint density at radius 1 is 1.26 bits per heavy atom. The van der Waals surface area contributed by atoms with Crippen molar-refractivity contribution in [2.45, 2.75) is 71.9 Å². The minimum atomic E-state index is -2.00. The van der Waals surface area contributed by atoms with Crippen LogP contribution in [0.15, 0.2) is 34.9 Å². The molecular formula is C25H36O6. The van der Waals surface area contributed by atoms with Crippen molar-refractivity contribution in [2.24, 2.45) is 34.5 Å². The molecule has 172 valence electrons. The van der Waals surface area contributed by atoms with Crippen molar-refractivity contribution in [1.29, 1.82) is 0 Å². The summed E-state index contributed by atoms with van der Waals surface area (Å²) in [6.07, 6.45) is 2.29. The van der Waals surface area contributed by atoms with Gasteiger partial charge >= 0.3 is 5.97 Å². The number of carbonyl (C=O) groups is 1. The van der Waals surface area contributed by atoms with Crippen LogP contribution in [0.2, 0.25) is 0 Å². The molecule has 9 unspecified atom stereocenters. The van der Waals surface area contributed by atoms with Crippen molar-refractivity contribution in [3.05, 3.63) is 34.9 Å². The zero-order valence-corrected chi connectivity index (χ0v) is 19.3. The van der Waals surface area contributed by atoms with E-state index in [1.807, 2.05) is 13.0 Å². The van der Waals surface area contributed by atoms with Gasteiger partial charge in [-0.15, -0.1) is 0 Å². The molecule has 2 saturated carbocycles. The molecule has 4 rings (SSSR count). The molecule has 0 amide bonds. The van der Waals surface area contributed by atoms with Gasteiger partial charge in [0.15, 0.2) is 0 Å². The molecule has 31 heavy (non-hydrogen) atoms. The van der Waals surface area contributed by atoms with E-state index in [2.05, 4.69) is 13.8 Å². The number of hydrogen-bond donors (Lipinski definition) is 4. The van der Waals surface area contributed by atoms with Gasteiger partial charge in [-0.3, -0.25) is 0 Å². The van der Waals surface area contributed by atoms with Gasteiger partial charge in [0.2, 0.25) is 0 Å². The second-order valence-corrected chi connectivity index (χ2v) is 10.9. The molecule has 6 heteroatoms. The molecule has 2 bridgehead atoms. The lowest BCUT2D eigenvalue weighted by molar-refractivity contribution is -0.215. The monoisotopic (exact) mass is 432 g/mol. The van der Waals surface area contributed by atoms with E-state index in [1.54, 1.807) is 32.9 Å². The highest BCUT2D eigenvalue weighted by Gasteiger charge is 2.75. The van der Waals surface area contributed by atoms with Gasteiger partial charge in [-0.2, -0.15) is 0 Å². The largest absolute Gasteiger partial charge is 0.458 e. The lowest BCUT2D eigenvalue weighted by atomic mass is 9.58. The number of esters is 1. The molecule has 6 nitrogen and oxygen atoms in total. The summed E-state index contributed by atoms with van der Waals surface area (Å²) in [4.78, 5) is 12.2. The maximum atomic E-state index is 12.2. The number of aliphatic hydroxyl groups excluding tert-OH is 3. The third kappa shape index (κ3) is 2.74. The highest BCUT2D eigenvalue weighted by molar-refractivity contribution is 5.87. The lowest BCUT2D eigenvalue weighted by Gasteiger charge is -2.51. The Morgan fingerprint density at radius 3 is 2.52 bits per heavy atom. The fourth-order valence-electron chi connectivity index (χ4n) is 7.11. The smallest absolute Gasteiger partial charge is 0.333 e. The van der Waals surface area contributed by atoms with Crippen molar-refractivity contribution < 1.29 is 30.0 Å². The summed E-state index contributed by atoms with van der Waals surface area (Å²) < 4.78 is 5.43. The van der Waals surface area contributed by atoms with Crippen LogP contribution in [0, 0.1) is 34.5 Å². The molecule has 0 aromatic heterocycles. The van der Waals surface area contributed by atoms with Crippen LogP contribution >= 0.6 is 0 Å². The standard InChI is InChI=1S/C25H36O6/c1-7-12(2)22(29)31-11-15-9-16-18-17(23(18,5)6)8-14(4)24(21(16)28)10-13(3)19(26)25(24,30)20(15)27/h7,9-10,14,16-21,26-28,30H,8,11H2,1-6H3. The minimum Gasteiger partial charge on any atom is -0.458 e. The second-order valence-electron chi connectivity index (χ2n) is 10.9. The quantitative estimate of drug-likeness (QED) is 0.309. The molecular weight excluding hydrogens is 396 g/mol. The highest BCUT2D eigenvalue weighted by Crippen LogP contribution is 2.72. The van der Waals surface area contributed by atoms with Gasteiger partial charge in [-0.1, -0.05) is 39.0 Å². The summed E-state index contributed by atoms with van der Waals surface area (Å²) in [5.41, 5.74) is -1.83. The summed E-state index contributed by atoms with van der Waals surface area (Å²) in [6.45, 7) is 11.3. The first kappa shape index (κ1) is 22.7. The number of aliphatic hydroxyl groups is 4. The Morgan fingerprint density at radius 2 is 1.90 bits per heavy atom. The van der Waals surface area contributed by atoms with Crippen LogP contribution in [0.1, 0.15) is 48.0 Å². The number of hydrogen-bond acceptors (Lipinski definition) is 6. The zero-order valence-electron chi connectivity index (χ0n) is 19.3. The fraction of sp³-hybridized carbons (Fsp3) is 0.720. The lowest BCUT2D eigenvalue weighted by Crippen LogP contribution is -2.66. The van der Waals surface area contributed by atoms with Gasteiger partial charge in [0, 0.05) is 11.5 Å². The summed E-state index contributed by atoms with van der Waals surface area (Å²) >= 11 is 0. The Balaban J connectivity index is 1.83. The van der Waals surface area contributed by atoms with E-state index in [1.165, 1.54) is 0 Å². The fourth-order valence-corrected chi connectivity index (χ4v) is 7.11. The zero-order chi connectivity index (χ0) is 23.1. The first-order chi connectivity index (χ1) is 14.4. The van der Waals surface area contributed by atoms with Crippen molar-refractivity contribution >= 4 is 5.97 Å². The predicted octanol–water partition coefficient (Wildman–Crippen LogP) is 2.12. The topological polar surface area (TPSA) is 107 Å². The van der Waals surface area contributed by atoms with Crippen LogP contribution in [-0.2, 0) is 9.53 Å². The van der Waals surface area contributed by atoms with Crippen molar-refractivity contribution in [1.82, 2.24) is 0 Å². The predicted molar refractivity (Wildman–Crippen MR) is 116 cm³/mol.